The number of hydrogen-bond donors (Lipinski definition) is 0. The zero-order valence-corrected chi connectivity index (χ0v) is 16.9. The van der Waals surface area contributed by atoms with Gasteiger partial charge in [0.2, 0.25) is 11.8 Å². The number of nitrogens with zero attached hydrogens (tertiary/aromatic N) is 2. The first kappa shape index (κ1) is 18.8. The summed E-state index contributed by atoms with van der Waals surface area (Å²) in [7, 11) is 1.62. The largest absolute Gasteiger partial charge is 0.285 e. The SMILES string of the molecule is CN1C(=O)[C@@H]2[C@H](C1=O)[C@H](c1ccccc1)N(Cc1ccccc1)[C@H]2c1ccccc1. The van der Waals surface area contributed by atoms with Crippen LogP contribution >= 0.6 is 0 Å². The molecule has 5 rings (SSSR count). The van der Waals surface area contributed by atoms with Crippen molar-refractivity contribution >= 4 is 11.8 Å². The maximum Gasteiger partial charge on any atom is 0.234 e. The van der Waals surface area contributed by atoms with E-state index in [0.717, 1.165) is 11.1 Å². The zero-order chi connectivity index (χ0) is 20.7. The maximum atomic E-state index is 13.2. The molecule has 2 saturated heterocycles. The number of imide groups is 1. The molecular weight excluding hydrogens is 372 g/mol. The lowest BCUT2D eigenvalue weighted by molar-refractivity contribution is -0.140. The third-order valence-electron chi connectivity index (χ3n) is 6.50. The fraction of sp³-hybridized carbons (Fsp3) is 0.231. The van der Waals surface area contributed by atoms with Gasteiger partial charge in [0.05, 0.1) is 11.8 Å². The molecule has 3 aromatic rings. The Morgan fingerprint density at radius 3 is 1.47 bits per heavy atom. The van der Waals surface area contributed by atoms with Crippen molar-refractivity contribution in [3.8, 4) is 0 Å². The second-order valence-corrected chi connectivity index (χ2v) is 8.16. The summed E-state index contributed by atoms with van der Waals surface area (Å²) in [5.74, 6) is -0.900. The molecule has 0 unspecified atom stereocenters. The predicted molar refractivity (Wildman–Crippen MR) is 115 cm³/mol. The van der Waals surface area contributed by atoms with E-state index < -0.39 is 0 Å². The van der Waals surface area contributed by atoms with Gasteiger partial charge in [0.25, 0.3) is 0 Å². The Hall–Kier alpha value is -3.24. The summed E-state index contributed by atoms with van der Waals surface area (Å²) in [5.41, 5.74) is 3.34. The van der Waals surface area contributed by atoms with E-state index in [2.05, 4.69) is 41.3 Å². The lowest BCUT2D eigenvalue weighted by atomic mass is 9.84. The molecule has 2 aliphatic rings. The normalized spacial score (nSPS) is 26.2. The van der Waals surface area contributed by atoms with Gasteiger partial charge < -0.3 is 0 Å². The third kappa shape index (κ3) is 2.96. The van der Waals surface area contributed by atoms with Gasteiger partial charge in [0, 0.05) is 25.7 Å². The minimum atomic E-state index is -0.376. The van der Waals surface area contributed by atoms with Crippen LogP contribution in [0, 0.1) is 11.8 Å². The van der Waals surface area contributed by atoms with Crippen LogP contribution in [-0.4, -0.2) is 28.7 Å². The molecule has 0 radical (unpaired) electrons. The summed E-state index contributed by atoms with van der Waals surface area (Å²) in [6.07, 6.45) is 0. The number of likely N-dealkylation sites (tertiary alicyclic amines) is 2. The Labute approximate surface area is 176 Å². The molecule has 2 aliphatic heterocycles. The quantitative estimate of drug-likeness (QED) is 0.620. The van der Waals surface area contributed by atoms with Crippen LogP contribution in [0.2, 0.25) is 0 Å². The van der Waals surface area contributed by atoms with Gasteiger partial charge in [-0.05, 0) is 16.7 Å². The Bertz CT molecular complexity index is 987. The molecule has 2 heterocycles. The highest BCUT2D eigenvalue weighted by atomic mass is 16.2. The monoisotopic (exact) mass is 396 g/mol. The van der Waals surface area contributed by atoms with E-state index in [-0.39, 0.29) is 35.7 Å². The Kier molecular flexibility index (Phi) is 4.72. The van der Waals surface area contributed by atoms with Crippen LogP contribution in [0.4, 0.5) is 0 Å². The number of carbonyl (C=O) groups is 2. The second kappa shape index (κ2) is 7.54. The molecular formula is C26H24N2O2. The van der Waals surface area contributed by atoms with Crippen molar-refractivity contribution in [1.82, 2.24) is 9.80 Å². The van der Waals surface area contributed by atoms with Crippen molar-refractivity contribution in [3.63, 3.8) is 0 Å². The number of benzene rings is 3. The number of rotatable bonds is 4. The first-order valence-electron chi connectivity index (χ1n) is 10.4. The van der Waals surface area contributed by atoms with Crippen LogP contribution in [0.5, 0.6) is 0 Å². The highest BCUT2D eigenvalue weighted by Crippen LogP contribution is 2.55. The van der Waals surface area contributed by atoms with Crippen LogP contribution in [0.1, 0.15) is 28.8 Å². The fourth-order valence-electron chi connectivity index (χ4n) is 5.20. The predicted octanol–water partition coefficient (Wildman–Crippen LogP) is 4.22. The van der Waals surface area contributed by atoms with E-state index in [1.807, 2.05) is 54.6 Å². The Morgan fingerprint density at radius 2 is 1.03 bits per heavy atom. The van der Waals surface area contributed by atoms with E-state index in [1.54, 1.807) is 7.05 Å². The lowest BCUT2D eigenvalue weighted by Crippen LogP contribution is -2.36. The van der Waals surface area contributed by atoms with Gasteiger partial charge in [0.1, 0.15) is 0 Å². The molecule has 0 saturated carbocycles. The second-order valence-electron chi connectivity index (χ2n) is 8.16. The standard InChI is InChI=1S/C26H24N2O2/c1-27-25(29)21-22(26(27)30)24(20-15-9-4-10-16-20)28(17-18-11-5-2-6-12-18)23(21)19-13-7-3-8-14-19/h2-16,21-24H,17H2,1H3/t21-,22+,23-,24-/m0/s1. The molecule has 150 valence electrons. The average molecular weight is 396 g/mol. The van der Waals surface area contributed by atoms with Gasteiger partial charge in [-0.25, -0.2) is 0 Å². The van der Waals surface area contributed by atoms with Crippen molar-refractivity contribution in [2.24, 2.45) is 11.8 Å². The topological polar surface area (TPSA) is 40.6 Å². The molecule has 0 aliphatic carbocycles. The van der Waals surface area contributed by atoms with E-state index >= 15 is 0 Å². The van der Waals surface area contributed by atoms with Crippen molar-refractivity contribution < 1.29 is 9.59 Å². The van der Waals surface area contributed by atoms with Gasteiger partial charge in [-0.2, -0.15) is 0 Å². The molecule has 0 spiro atoms. The van der Waals surface area contributed by atoms with Gasteiger partial charge >= 0.3 is 0 Å². The molecule has 4 nitrogen and oxygen atoms in total. The lowest BCUT2D eigenvalue weighted by Gasteiger charge is -2.33. The first-order valence-corrected chi connectivity index (χ1v) is 10.4. The van der Waals surface area contributed by atoms with Crippen molar-refractivity contribution in [1.29, 1.82) is 0 Å². The number of amides is 2. The van der Waals surface area contributed by atoms with Crippen molar-refractivity contribution in [2.45, 2.75) is 18.6 Å². The molecule has 0 bridgehead atoms. The Balaban J connectivity index is 1.68. The van der Waals surface area contributed by atoms with Gasteiger partial charge in [0.15, 0.2) is 0 Å². The zero-order valence-electron chi connectivity index (χ0n) is 16.9. The molecule has 2 fully saturated rings. The summed E-state index contributed by atoms with van der Waals surface area (Å²) in [4.78, 5) is 30.2. The molecule has 2 amide bonds. The van der Waals surface area contributed by atoms with E-state index in [9.17, 15) is 9.59 Å². The van der Waals surface area contributed by atoms with Crippen molar-refractivity contribution in [2.75, 3.05) is 7.05 Å². The van der Waals surface area contributed by atoms with Gasteiger partial charge in [-0.1, -0.05) is 91.0 Å². The summed E-state index contributed by atoms with van der Waals surface area (Å²) in [5, 5.41) is 0. The smallest absolute Gasteiger partial charge is 0.234 e. The van der Waals surface area contributed by atoms with Crippen LogP contribution in [0.15, 0.2) is 91.0 Å². The molecule has 3 aromatic carbocycles. The van der Waals surface area contributed by atoms with Crippen molar-refractivity contribution in [3.05, 3.63) is 108 Å². The van der Waals surface area contributed by atoms with E-state index in [4.69, 9.17) is 0 Å². The summed E-state index contributed by atoms with van der Waals surface area (Å²) in [6, 6.07) is 30.3. The minimum absolute atomic E-state index is 0.0738. The highest BCUT2D eigenvalue weighted by Gasteiger charge is 2.61. The maximum absolute atomic E-state index is 13.2. The number of carbonyl (C=O) groups excluding carboxylic acids is 2. The van der Waals surface area contributed by atoms with Crippen LogP contribution in [-0.2, 0) is 16.1 Å². The van der Waals surface area contributed by atoms with Crippen LogP contribution < -0.4 is 0 Å². The van der Waals surface area contributed by atoms with Crippen LogP contribution in [0.3, 0.4) is 0 Å². The van der Waals surface area contributed by atoms with Crippen LogP contribution in [0.25, 0.3) is 0 Å². The average Bonchev–Trinajstić information content (AvgIpc) is 3.23. The first-order chi connectivity index (χ1) is 14.7. The molecule has 0 N–H and O–H groups in total. The third-order valence-corrected chi connectivity index (χ3v) is 6.50. The summed E-state index contributed by atoms with van der Waals surface area (Å²) >= 11 is 0. The molecule has 4 atom stereocenters. The molecule has 0 aromatic heterocycles. The highest BCUT2D eigenvalue weighted by molar-refractivity contribution is 6.06. The molecule has 30 heavy (non-hydrogen) atoms. The number of hydrogen-bond acceptors (Lipinski definition) is 3. The molecule has 4 heteroatoms. The fourth-order valence-corrected chi connectivity index (χ4v) is 5.20. The minimum Gasteiger partial charge on any atom is -0.285 e. The Morgan fingerprint density at radius 1 is 0.633 bits per heavy atom. The number of fused-ring (bicyclic) bond motifs is 1. The van der Waals surface area contributed by atoms with E-state index in [0.29, 0.717) is 6.54 Å². The summed E-state index contributed by atoms with van der Waals surface area (Å²) in [6.45, 7) is 0.678. The van der Waals surface area contributed by atoms with Gasteiger partial charge in [-0.15, -0.1) is 0 Å². The van der Waals surface area contributed by atoms with Gasteiger partial charge in [-0.3, -0.25) is 19.4 Å². The van der Waals surface area contributed by atoms with E-state index in [1.165, 1.54) is 10.5 Å². The summed E-state index contributed by atoms with van der Waals surface area (Å²) < 4.78 is 0.